The molecule has 1 aliphatic heterocycles. The fourth-order valence-electron chi connectivity index (χ4n) is 4.11. The van der Waals surface area contributed by atoms with Crippen LogP contribution in [0.2, 0.25) is 0 Å². The maximum absolute atomic E-state index is 13.3. The quantitative estimate of drug-likeness (QED) is 0.509. The van der Waals surface area contributed by atoms with Gasteiger partial charge in [-0.1, -0.05) is 32.4 Å². The summed E-state index contributed by atoms with van der Waals surface area (Å²) in [6, 6.07) is 8.24. The van der Waals surface area contributed by atoms with Gasteiger partial charge in [0.15, 0.2) is 0 Å². The summed E-state index contributed by atoms with van der Waals surface area (Å²) in [6.07, 6.45) is 5.07. The minimum Gasteiger partial charge on any atom is -0.381 e. The van der Waals surface area contributed by atoms with Gasteiger partial charge in [-0.15, -0.1) is 0 Å². The van der Waals surface area contributed by atoms with Gasteiger partial charge in [0.2, 0.25) is 9.84 Å². The van der Waals surface area contributed by atoms with Crippen LogP contribution in [0.4, 0.5) is 0 Å². The highest BCUT2D eigenvalue weighted by atomic mass is 35.5. The van der Waals surface area contributed by atoms with Crippen LogP contribution in [0.1, 0.15) is 45.1 Å². The number of nitrogens with zero attached hydrogens (tertiary/aromatic N) is 3. The van der Waals surface area contributed by atoms with E-state index in [0.717, 1.165) is 43.9 Å². The molecule has 1 fully saturated rings. The summed E-state index contributed by atoms with van der Waals surface area (Å²) in [5.41, 5.74) is 3.28. The molecule has 0 saturated carbocycles. The third-order valence-corrected chi connectivity index (χ3v) is 7.65. The van der Waals surface area contributed by atoms with E-state index in [-0.39, 0.29) is 15.2 Å². The molecule has 1 saturated heterocycles. The lowest BCUT2D eigenvalue weighted by molar-refractivity contribution is 0.0611. The van der Waals surface area contributed by atoms with Gasteiger partial charge < -0.3 is 9.30 Å². The van der Waals surface area contributed by atoms with Crippen LogP contribution < -0.4 is 0 Å². The first kappa shape index (κ1) is 23.0. The molecule has 0 N–H and O–H groups in total. The van der Waals surface area contributed by atoms with Crippen molar-refractivity contribution in [1.82, 2.24) is 14.5 Å². The van der Waals surface area contributed by atoms with Crippen molar-refractivity contribution in [1.29, 1.82) is 0 Å². The molecular weight excluding hydrogens is 446 g/mol. The Morgan fingerprint density at radius 3 is 2.56 bits per heavy atom. The second-order valence-electron chi connectivity index (χ2n) is 9.21. The number of ether oxygens (including phenoxy) is 1. The van der Waals surface area contributed by atoms with Crippen molar-refractivity contribution in [2.45, 2.75) is 55.4 Å². The molecule has 0 bridgehead atoms. The third kappa shape index (κ3) is 4.60. The monoisotopic (exact) mass is 473 g/mol. The van der Waals surface area contributed by atoms with Crippen LogP contribution in [0.25, 0.3) is 17.1 Å². The van der Waals surface area contributed by atoms with E-state index in [1.165, 1.54) is 23.9 Å². The number of benzene rings is 1. The number of pyridine rings is 1. The van der Waals surface area contributed by atoms with Gasteiger partial charge in [0, 0.05) is 36.9 Å². The molecule has 0 aliphatic carbocycles. The average Bonchev–Trinajstić information content (AvgIpc) is 3.13. The molecule has 4 rings (SSSR count). The molecular formula is C24H28ClN3O3S. The van der Waals surface area contributed by atoms with E-state index >= 15 is 0 Å². The first-order valence-corrected chi connectivity index (χ1v) is 12.7. The molecule has 8 heteroatoms. The van der Waals surface area contributed by atoms with Crippen LogP contribution in [-0.2, 0) is 26.5 Å². The Morgan fingerprint density at radius 2 is 1.88 bits per heavy atom. The Kier molecular flexibility index (Phi) is 6.43. The van der Waals surface area contributed by atoms with E-state index in [1.54, 1.807) is 18.2 Å². The second-order valence-corrected chi connectivity index (χ2v) is 11.4. The van der Waals surface area contributed by atoms with Crippen molar-refractivity contribution in [2.24, 2.45) is 5.92 Å². The highest BCUT2D eigenvalue weighted by Crippen LogP contribution is 2.31. The molecule has 32 heavy (non-hydrogen) atoms. The van der Waals surface area contributed by atoms with E-state index in [1.807, 2.05) is 6.07 Å². The maximum atomic E-state index is 13.3. The fraction of sp³-hybridized carbons (Fsp3) is 0.417. The molecule has 1 aliphatic rings. The zero-order valence-electron chi connectivity index (χ0n) is 18.6. The van der Waals surface area contributed by atoms with Crippen LogP contribution in [0.5, 0.6) is 0 Å². The van der Waals surface area contributed by atoms with Crippen LogP contribution in [-0.4, -0.2) is 36.2 Å². The van der Waals surface area contributed by atoms with Crippen molar-refractivity contribution in [3.05, 3.63) is 53.6 Å². The molecule has 3 heterocycles. The minimum atomic E-state index is -3.72. The summed E-state index contributed by atoms with van der Waals surface area (Å²) in [5.74, 6) is 1.49. The number of halogens is 1. The molecule has 0 radical (unpaired) electrons. The smallest absolute Gasteiger partial charge is 0.206 e. The molecule has 0 spiro atoms. The van der Waals surface area contributed by atoms with Crippen LogP contribution >= 0.6 is 11.6 Å². The SMILES string of the molecule is CC(C)(C)c1nc2cc(S(=O)(=O)c3ccnc(/C=C/Cl)c3)ccc2n1CC1CCOCC1. The van der Waals surface area contributed by atoms with Crippen molar-refractivity contribution >= 4 is 38.5 Å². The molecule has 0 atom stereocenters. The van der Waals surface area contributed by atoms with Crippen molar-refractivity contribution < 1.29 is 13.2 Å². The number of aromatic nitrogens is 3. The van der Waals surface area contributed by atoms with Gasteiger partial charge in [-0.3, -0.25) is 4.98 Å². The van der Waals surface area contributed by atoms with Crippen molar-refractivity contribution in [3.8, 4) is 0 Å². The first-order valence-electron chi connectivity index (χ1n) is 10.8. The summed E-state index contributed by atoms with van der Waals surface area (Å²) in [6.45, 7) is 8.84. The summed E-state index contributed by atoms with van der Waals surface area (Å²) in [5, 5.41) is 0. The van der Waals surface area contributed by atoms with Gasteiger partial charge in [0.1, 0.15) is 5.82 Å². The summed E-state index contributed by atoms with van der Waals surface area (Å²) in [7, 11) is -3.72. The highest BCUT2D eigenvalue weighted by molar-refractivity contribution is 7.91. The van der Waals surface area contributed by atoms with Gasteiger partial charge in [0.25, 0.3) is 0 Å². The Balaban J connectivity index is 1.78. The lowest BCUT2D eigenvalue weighted by atomic mass is 9.94. The molecule has 0 amide bonds. The molecule has 170 valence electrons. The average molecular weight is 474 g/mol. The first-order chi connectivity index (χ1) is 15.2. The molecule has 3 aromatic rings. The summed E-state index contributed by atoms with van der Waals surface area (Å²) >= 11 is 5.62. The lowest BCUT2D eigenvalue weighted by Crippen LogP contribution is -2.25. The predicted molar refractivity (Wildman–Crippen MR) is 127 cm³/mol. The number of fused-ring (bicyclic) bond motifs is 1. The van der Waals surface area contributed by atoms with E-state index < -0.39 is 9.84 Å². The topological polar surface area (TPSA) is 74.1 Å². The Hall–Kier alpha value is -2.22. The zero-order chi connectivity index (χ0) is 22.9. The molecule has 6 nitrogen and oxygen atoms in total. The van der Waals surface area contributed by atoms with Gasteiger partial charge in [-0.2, -0.15) is 0 Å². The van der Waals surface area contributed by atoms with Crippen molar-refractivity contribution in [3.63, 3.8) is 0 Å². The number of hydrogen-bond donors (Lipinski definition) is 0. The van der Waals surface area contributed by atoms with E-state index in [2.05, 4.69) is 30.3 Å². The minimum absolute atomic E-state index is 0.170. The Bertz CT molecular complexity index is 1250. The number of hydrogen-bond acceptors (Lipinski definition) is 5. The number of rotatable bonds is 5. The van der Waals surface area contributed by atoms with E-state index in [4.69, 9.17) is 21.3 Å². The van der Waals surface area contributed by atoms with Gasteiger partial charge >= 0.3 is 0 Å². The molecule has 1 aromatic carbocycles. The highest BCUT2D eigenvalue weighted by Gasteiger charge is 2.27. The zero-order valence-corrected chi connectivity index (χ0v) is 20.2. The molecule has 0 unspecified atom stereocenters. The standard InChI is InChI=1S/C24H28ClN3O3S/c1-24(2,3)23-27-21-15-19(32(29,30)20-7-11-26-18(14-20)6-10-25)4-5-22(21)28(23)16-17-8-12-31-13-9-17/h4-7,10-11,14-15,17H,8-9,12-13,16H2,1-3H3/b10-6+. The van der Waals surface area contributed by atoms with Gasteiger partial charge in [-0.25, -0.2) is 13.4 Å². The van der Waals surface area contributed by atoms with Crippen LogP contribution in [0, 0.1) is 5.92 Å². The Morgan fingerprint density at radius 1 is 1.16 bits per heavy atom. The maximum Gasteiger partial charge on any atom is 0.206 e. The van der Waals surface area contributed by atoms with Gasteiger partial charge in [-0.05, 0) is 55.2 Å². The second kappa shape index (κ2) is 8.96. The number of imidazole rings is 1. The van der Waals surface area contributed by atoms with Gasteiger partial charge in [0.05, 0.1) is 26.5 Å². The van der Waals surface area contributed by atoms with Crippen LogP contribution in [0.15, 0.2) is 51.9 Å². The van der Waals surface area contributed by atoms with Crippen LogP contribution in [0.3, 0.4) is 0 Å². The van der Waals surface area contributed by atoms with Crippen molar-refractivity contribution in [2.75, 3.05) is 13.2 Å². The largest absolute Gasteiger partial charge is 0.381 e. The fourth-order valence-corrected chi connectivity index (χ4v) is 5.54. The predicted octanol–water partition coefficient (Wildman–Crippen LogP) is 5.20. The lowest BCUT2D eigenvalue weighted by Gasteiger charge is -2.26. The Labute approximate surface area is 194 Å². The van der Waals surface area contributed by atoms with E-state index in [9.17, 15) is 8.42 Å². The third-order valence-electron chi connectivity index (χ3n) is 5.78. The molecule has 2 aromatic heterocycles. The normalized spacial score (nSPS) is 16.2. The van der Waals surface area contributed by atoms with E-state index in [0.29, 0.717) is 17.1 Å². The summed E-state index contributed by atoms with van der Waals surface area (Å²) < 4.78 is 34.4. The summed E-state index contributed by atoms with van der Waals surface area (Å²) in [4.78, 5) is 9.41. The number of sulfone groups is 1.